The Bertz CT molecular complexity index is 723. The Hall–Kier alpha value is -1.24. The molecule has 132 valence electrons. The number of rotatable bonds is 8. The third kappa shape index (κ3) is 4.43. The first-order chi connectivity index (χ1) is 11.5. The molecule has 0 spiro atoms. The molecule has 0 saturated heterocycles. The molecule has 1 aromatic heterocycles. The predicted molar refractivity (Wildman–Crippen MR) is 104 cm³/mol. The monoisotopic (exact) mass is 366 g/mol. The minimum Gasteiger partial charge on any atom is -0.350 e. The number of nitrogens with one attached hydrogen (secondary N) is 1. The highest BCUT2D eigenvalue weighted by atomic mass is 32.2. The Labute approximate surface area is 150 Å². The first-order valence-electron chi connectivity index (χ1n) is 8.30. The highest BCUT2D eigenvalue weighted by Gasteiger charge is 2.20. The van der Waals surface area contributed by atoms with Crippen LogP contribution in [0.4, 0.5) is 0 Å². The third-order valence-corrected chi connectivity index (χ3v) is 6.15. The van der Waals surface area contributed by atoms with E-state index in [1.165, 1.54) is 11.3 Å². The fraction of sp³-hybridized carbons (Fsp3) is 0.500. The maximum atomic E-state index is 12.7. The smallest absolute Gasteiger partial charge is 0.261 e. The summed E-state index contributed by atoms with van der Waals surface area (Å²) in [7, 11) is -0.982. The van der Waals surface area contributed by atoms with Crippen molar-refractivity contribution in [2.24, 2.45) is 0 Å². The standard InChI is InChI=1S/C18H26N2O2S2/c1-5-20(6-2)13(3)11-19-18(21)17-15(12-24(4)22)14-9-7-8-10-16(14)23-17/h7-10,13H,5-6,11-12H2,1-4H3,(H,19,21)/t13-,24+/m0/s1. The largest absolute Gasteiger partial charge is 0.350 e. The van der Waals surface area contributed by atoms with E-state index in [0.29, 0.717) is 23.2 Å². The highest BCUT2D eigenvalue weighted by molar-refractivity contribution is 7.83. The maximum absolute atomic E-state index is 12.7. The fourth-order valence-corrected chi connectivity index (χ4v) is 4.86. The number of benzene rings is 1. The van der Waals surface area contributed by atoms with Gasteiger partial charge in [0.05, 0.1) is 10.6 Å². The van der Waals surface area contributed by atoms with Crippen molar-refractivity contribution in [1.29, 1.82) is 0 Å². The van der Waals surface area contributed by atoms with Gasteiger partial charge < -0.3 is 5.32 Å². The number of carbonyl (C=O) groups is 1. The van der Waals surface area contributed by atoms with E-state index in [4.69, 9.17) is 0 Å². The molecule has 24 heavy (non-hydrogen) atoms. The van der Waals surface area contributed by atoms with Gasteiger partial charge in [0.2, 0.25) is 0 Å². The average Bonchev–Trinajstić information content (AvgIpc) is 2.92. The van der Waals surface area contributed by atoms with Gasteiger partial charge in [0.25, 0.3) is 5.91 Å². The molecule has 0 fully saturated rings. The van der Waals surface area contributed by atoms with Crippen LogP contribution in [-0.4, -0.2) is 46.9 Å². The van der Waals surface area contributed by atoms with Gasteiger partial charge in [0.15, 0.2) is 0 Å². The van der Waals surface area contributed by atoms with Gasteiger partial charge in [-0.3, -0.25) is 13.9 Å². The van der Waals surface area contributed by atoms with Crippen molar-refractivity contribution in [2.45, 2.75) is 32.6 Å². The van der Waals surface area contributed by atoms with E-state index in [2.05, 4.69) is 31.0 Å². The van der Waals surface area contributed by atoms with E-state index in [0.717, 1.165) is 28.7 Å². The minimum atomic E-state index is -0.982. The van der Waals surface area contributed by atoms with Gasteiger partial charge >= 0.3 is 0 Å². The van der Waals surface area contributed by atoms with Crippen LogP contribution < -0.4 is 5.32 Å². The van der Waals surface area contributed by atoms with Crippen LogP contribution in [0.15, 0.2) is 24.3 Å². The molecule has 2 rings (SSSR count). The normalized spacial score (nSPS) is 14.0. The van der Waals surface area contributed by atoms with Crippen LogP contribution in [0.2, 0.25) is 0 Å². The van der Waals surface area contributed by atoms with Crippen molar-refractivity contribution in [3.8, 4) is 0 Å². The van der Waals surface area contributed by atoms with Crippen LogP contribution in [0, 0.1) is 0 Å². The molecule has 0 unspecified atom stereocenters. The van der Waals surface area contributed by atoms with Crippen molar-refractivity contribution in [2.75, 3.05) is 25.9 Å². The molecule has 0 aliphatic heterocycles. The van der Waals surface area contributed by atoms with Crippen molar-refractivity contribution in [3.63, 3.8) is 0 Å². The summed E-state index contributed by atoms with van der Waals surface area (Å²) >= 11 is 1.49. The van der Waals surface area contributed by atoms with Gasteiger partial charge in [-0.1, -0.05) is 32.0 Å². The second kappa shape index (κ2) is 8.74. The Morgan fingerprint density at radius 3 is 2.58 bits per heavy atom. The molecule has 4 nitrogen and oxygen atoms in total. The zero-order chi connectivity index (χ0) is 17.7. The van der Waals surface area contributed by atoms with Crippen molar-refractivity contribution < 1.29 is 9.00 Å². The van der Waals surface area contributed by atoms with Gasteiger partial charge in [-0.05, 0) is 37.0 Å². The van der Waals surface area contributed by atoms with E-state index in [1.807, 2.05) is 24.3 Å². The summed E-state index contributed by atoms with van der Waals surface area (Å²) in [6, 6.07) is 8.24. The second-order valence-corrected chi connectivity index (χ2v) is 8.39. The Kier molecular flexibility index (Phi) is 6.95. The number of nitrogens with zero attached hydrogens (tertiary/aromatic N) is 1. The number of amides is 1. The number of hydrogen-bond donors (Lipinski definition) is 1. The molecule has 6 heteroatoms. The van der Waals surface area contributed by atoms with Gasteiger partial charge in [0.1, 0.15) is 0 Å². The number of hydrogen-bond acceptors (Lipinski definition) is 4. The van der Waals surface area contributed by atoms with Gasteiger partial charge in [-0.2, -0.15) is 0 Å². The molecular formula is C18H26N2O2S2. The molecule has 0 saturated carbocycles. The first-order valence-corrected chi connectivity index (χ1v) is 10.8. The predicted octanol–water partition coefficient (Wildman–Crippen LogP) is 3.24. The van der Waals surface area contributed by atoms with Crippen LogP contribution in [-0.2, 0) is 16.6 Å². The molecule has 0 aliphatic rings. The summed E-state index contributed by atoms with van der Waals surface area (Å²) in [5, 5.41) is 4.09. The molecule has 2 aromatic rings. The van der Waals surface area contributed by atoms with Crippen LogP contribution >= 0.6 is 11.3 Å². The molecule has 0 radical (unpaired) electrons. The van der Waals surface area contributed by atoms with Crippen molar-refractivity contribution >= 4 is 38.1 Å². The molecule has 1 heterocycles. The summed E-state index contributed by atoms with van der Waals surface area (Å²) in [6.07, 6.45) is 1.68. The van der Waals surface area contributed by atoms with Crippen molar-refractivity contribution in [3.05, 3.63) is 34.7 Å². The summed E-state index contributed by atoms with van der Waals surface area (Å²) in [5.74, 6) is 0.355. The van der Waals surface area contributed by atoms with Gasteiger partial charge in [-0.15, -0.1) is 11.3 Å². The molecule has 2 atom stereocenters. The third-order valence-electron chi connectivity index (χ3n) is 4.25. The minimum absolute atomic E-state index is 0.0596. The molecule has 1 aromatic carbocycles. The Morgan fingerprint density at radius 1 is 1.29 bits per heavy atom. The average molecular weight is 367 g/mol. The van der Waals surface area contributed by atoms with Gasteiger partial charge in [-0.25, -0.2) is 0 Å². The molecule has 1 amide bonds. The molecule has 0 aliphatic carbocycles. The summed E-state index contributed by atoms with van der Waals surface area (Å²) < 4.78 is 12.8. The van der Waals surface area contributed by atoms with Crippen LogP contribution in [0.3, 0.4) is 0 Å². The Balaban J connectivity index is 2.21. The zero-order valence-electron chi connectivity index (χ0n) is 14.8. The number of carbonyl (C=O) groups excluding carboxylic acids is 1. The number of likely N-dealkylation sites (N-methyl/N-ethyl adjacent to an activating group) is 1. The molecule has 0 bridgehead atoms. The lowest BCUT2D eigenvalue weighted by molar-refractivity contribution is 0.0941. The molecular weight excluding hydrogens is 340 g/mol. The fourth-order valence-electron chi connectivity index (χ4n) is 2.93. The maximum Gasteiger partial charge on any atom is 0.261 e. The quantitative estimate of drug-likeness (QED) is 0.780. The SMILES string of the molecule is CCN(CC)[C@@H](C)CNC(=O)c1sc2ccccc2c1C[S@@](C)=O. The number of fused-ring (bicyclic) bond motifs is 1. The topological polar surface area (TPSA) is 49.4 Å². The van der Waals surface area contributed by atoms with Crippen LogP contribution in [0.1, 0.15) is 36.0 Å². The van der Waals surface area contributed by atoms with E-state index < -0.39 is 10.8 Å². The summed E-state index contributed by atoms with van der Waals surface area (Å²) in [4.78, 5) is 15.7. The van der Waals surface area contributed by atoms with Crippen molar-refractivity contribution in [1.82, 2.24) is 10.2 Å². The lowest BCUT2D eigenvalue weighted by Gasteiger charge is -2.26. The zero-order valence-corrected chi connectivity index (χ0v) is 16.4. The van der Waals surface area contributed by atoms with Crippen LogP contribution in [0.25, 0.3) is 10.1 Å². The number of thiophene rings is 1. The van der Waals surface area contributed by atoms with E-state index in [1.54, 1.807) is 6.26 Å². The van der Waals surface area contributed by atoms with E-state index >= 15 is 0 Å². The highest BCUT2D eigenvalue weighted by Crippen LogP contribution is 2.32. The van der Waals surface area contributed by atoms with E-state index in [-0.39, 0.29) is 5.91 Å². The van der Waals surface area contributed by atoms with E-state index in [9.17, 15) is 9.00 Å². The second-order valence-electron chi connectivity index (χ2n) is 5.90. The lowest BCUT2D eigenvalue weighted by Crippen LogP contribution is -2.42. The Morgan fingerprint density at radius 2 is 1.96 bits per heavy atom. The first kappa shape index (κ1) is 19.1. The summed E-state index contributed by atoms with van der Waals surface area (Å²) in [6.45, 7) is 8.93. The lowest BCUT2D eigenvalue weighted by atomic mass is 10.1. The molecule has 1 N–H and O–H groups in total. The summed E-state index contributed by atoms with van der Waals surface area (Å²) in [5.41, 5.74) is 0.907. The van der Waals surface area contributed by atoms with Gasteiger partial charge in [0, 0.05) is 34.3 Å². The van der Waals surface area contributed by atoms with Crippen LogP contribution in [0.5, 0.6) is 0 Å².